The quantitative estimate of drug-likeness (QED) is 0.823. The van der Waals surface area contributed by atoms with Crippen LogP contribution >= 0.6 is 0 Å². The van der Waals surface area contributed by atoms with E-state index in [2.05, 4.69) is 22.2 Å². The molecule has 0 bridgehead atoms. The number of piperidine rings is 1. The molecule has 1 N–H and O–H groups in total. The number of aromatic nitrogens is 1. The number of nitrogens with zero attached hydrogens (tertiary/aromatic N) is 2. The first-order valence-electron chi connectivity index (χ1n) is 6.24. The molecule has 2 heterocycles. The summed E-state index contributed by atoms with van der Waals surface area (Å²) in [7, 11) is 2.08. The lowest BCUT2D eigenvalue weighted by Gasteiger charge is -2.29. The molecule has 5 heteroatoms. The molecule has 1 aromatic heterocycles. The van der Waals surface area contributed by atoms with E-state index in [1.807, 2.05) is 0 Å². The van der Waals surface area contributed by atoms with E-state index in [0.717, 1.165) is 25.9 Å². The number of hydrogen-bond donors (Lipinski definition) is 1. The van der Waals surface area contributed by atoms with Gasteiger partial charge < -0.3 is 10.2 Å². The van der Waals surface area contributed by atoms with Crippen molar-refractivity contribution in [2.24, 2.45) is 5.92 Å². The average Bonchev–Trinajstić information content (AvgIpc) is 2.37. The topological polar surface area (TPSA) is 45.2 Å². The zero-order valence-corrected chi connectivity index (χ0v) is 10.5. The highest BCUT2D eigenvalue weighted by Crippen LogP contribution is 2.14. The molecule has 4 nitrogen and oxygen atoms in total. The standard InChI is InChI=1S/C13H18FN3O/c1-17-7-3-4-10(9-17)8-16-13(18)11-5-2-6-15-12(11)14/h2,5-6,10H,3-4,7-9H2,1H3,(H,16,18). The average molecular weight is 251 g/mol. The summed E-state index contributed by atoms with van der Waals surface area (Å²) < 4.78 is 13.3. The van der Waals surface area contributed by atoms with E-state index in [4.69, 9.17) is 0 Å². The summed E-state index contributed by atoms with van der Waals surface area (Å²) in [5.74, 6) is -0.642. The second kappa shape index (κ2) is 5.91. The van der Waals surface area contributed by atoms with E-state index in [9.17, 15) is 9.18 Å². The van der Waals surface area contributed by atoms with E-state index < -0.39 is 5.95 Å². The fraction of sp³-hybridized carbons (Fsp3) is 0.538. The number of carbonyl (C=O) groups excluding carboxylic acids is 1. The van der Waals surface area contributed by atoms with Gasteiger partial charge in [0.15, 0.2) is 0 Å². The van der Waals surface area contributed by atoms with Crippen molar-refractivity contribution in [3.05, 3.63) is 29.8 Å². The van der Waals surface area contributed by atoms with Gasteiger partial charge in [0.2, 0.25) is 5.95 Å². The molecule has 0 aliphatic carbocycles. The first-order valence-corrected chi connectivity index (χ1v) is 6.24. The van der Waals surface area contributed by atoms with Crippen LogP contribution < -0.4 is 5.32 Å². The van der Waals surface area contributed by atoms with Gasteiger partial charge in [0, 0.05) is 19.3 Å². The predicted molar refractivity (Wildman–Crippen MR) is 66.7 cm³/mol. The highest BCUT2D eigenvalue weighted by Gasteiger charge is 2.19. The van der Waals surface area contributed by atoms with E-state index in [1.165, 1.54) is 12.3 Å². The largest absolute Gasteiger partial charge is 0.352 e. The zero-order valence-electron chi connectivity index (χ0n) is 10.5. The molecule has 1 atom stereocenters. The summed E-state index contributed by atoms with van der Waals surface area (Å²) in [5, 5.41) is 2.78. The molecule has 0 spiro atoms. The van der Waals surface area contributed by atoms with Crippen LogP contribution in [0.15, 0.2) is 18.3 Å². The molecule has 1 saturated heterocycles. The molecular weight excluding hydrogens is 233 g/mol. The number of pyridine rings is 1. The van der Waals surface area contributed by atoms with Gasteiger partial charge in [0.25, 0.3) is 5.91 Å². The monoisotopic (exact) mass is 251 g/mol. The number of amides is 1. The van der Waals surface area contributed by atoms with Crippen LogP contribution in [-0.4, -0.2) is 42.5 Å². The number of hydrogen-bond acceptors (Lipinski definition) is 3. The Labute approximate surface area is 106 Å². The molecule has 2 rings (SSSR count). The maximum atomic E-state index is 13.3. The Morgan fingerprint density at radius 2 is 2.50 bits per heavy atom. The van der Waals surface area contributed by atoms with E-state index in [0.29, 0.717) is 12.5 Å². The number of halogens is 1. The van der Waals surface area contributed by atoms with Crippen molar-refractivity contribution in [3.63, 3.8) is 0 Å². The van der Waals surface area contributed by atoms with Crippen molar-refractivity contribution in [1.82, 2.24) is 15.2 Å². The van der Waals surface area contributed by atoms with Gasteiger partial charge in [-0.05, 0) is 44.5 Å². The molecule has 98 valence electrons. The minimum Gasteiger partial charge on any atom is -0.352 e. The normalized spacial score (nSPS) is 20.7. The van der Waals surface area contributed by atoms with Crippen LogP contribution in [0.1, 0.15) is 23.2 Å². The minimum absolute atomic E-state index is 0.0154. The molecule has 1 amide bonds. The second-order valence-corrected chi connectivity index (χ2v) is 4.82. The molecule has 0 radical (unpaired) electrons. The lowest BCUT2D eigenvalue weighted by atomic mass is 9.98. The summed E-state index contributed by atoms with van der Waals surface area (Å²) in [6.07, 6.45) is 3.60. The summed E-state index contributed by atoms with van der Waals surface area (Å²) in [5.41, 5.74) is 0.0154. The van der Waals surface area contributed by atoms with Crippen LogP contribution in [0.4, 0.5) is 4.39 Å². The Morgan fingerprint density at radius 1 is 1.67 bits per heavy atom. The lowest BCUT2D eigenvalue weighted by Crippen LogP contribution is -2.39. The Balaban J connectivity index is 1.87. The van der Waals surface area contributed by atoms with E-state index in [-0.39, 0.29) is 11.5 Å². The molecule has 1 aliphatic heterocycles. The minimum atomic E-state index is -0.712. The number of rotatable bonds is 3. The molecule has 1 fully saturated rings. The first kappa shape index (κ1) is 13.0. The lowest BCUT2D eigenvalue weighted by molar-refractivity contribution is 0.0932. The summed E-state index contributed by atoms with van der Waals surface area (Å²) in [4.78, 5) is 17.5. The molecule has 1 aliphatic rings. The van der Waals surface area contributed by atoms with Gasteiger partial charge in [-0.15, -0.1) is 0 Å². The Morgan fingerprint density at radius 3 is 3.22 bits per heavy atom. The third kappa shape index (κ3) is 3.26. The van der Waals surface area contributed by atoms with Crippen LogP contribution in [0.2, 0.25) is 0 Å². The summed E-state index contributed by atoms with van der Waals surface area (Å²) >= 11 is 0. The van der Waals surface area contributed by atoms with Crippen molar-refractivity contribution in [2.75, 3.05) is 26.7 Å². The Kier molecular flexibility index (Phi) is 4.25. The van der Waals surface area contributed by atoms with Gasteiger partial charge >= 0.3 is 0 Å². The van der Waals surface area contributed by atoms with Gasteiger partial charge in [-0.2, -0.15) is 4.39 Å². The predicted octanol–water partition coefficient (Wildman–Crippen LogP) is 1.29. The van der Waals surface area contributed by atoms with Crippen LogP contribution in [0.25, 0.3) is 0 Å². The van der Waals surface area contributed by atoms with Crippen molar-refractivity contribution in [2.45, 2.75) is 12.8 Å². The van der Waals surface area contributed by atoms with Crippen LogP contribution in [0, 0.1) is 11.9 Å². The summed E-state index contributed by atoms with van der Waals surface area (Å²) in [6, 6.07) is 3.01. The van der Waals surface area contributed by atoms with Gasteiger partial charge in [0.05, 0.1) is 5.56 Å². The third-order valence-electron chi connectivity index (χ3n) is 3.28. The molecule has 0 saturated carbocycles. The Bertz CT molecular complexity index is 424. The number of nitrogens with one attached hydrogen (secondary N) is 1. The fourth-order valence-electron chi connectivity index (χ4n) is 2.33. The fourth-order valence-corrected chi connectivity index (χ4v) is 2.33. The van der Waals surface area contributed by atoms with Gasteiger partial charge in [-0.25, -0.2) is 4.98 Å². The highest BCUT2D eigenvalue weighted by molar-refractivity contribution is 5.94. The molecule has 1 unspecified atom stereocenters. The molecular formula is C13H18FN3O. The van der Waals surface area contributed by atoms with Crippen molar-refractivity contribution >= 4 is 5.91 Å². The van der Waals surface area contributed by atoms with Crippen molar-refractivity contribution < 1.29 is 9.18 Å². The van der Waals surface area contributed by atoms with Gasteiger partial charge in [0.1, 0.15) is 0 Å². The van der Waals surface area contributed by atoms with Gasteiger partial charge in [-0.1, -0.05) is 0 Å². The van der Waals surface area contributed by atoms with E-state index in [1.54, 1.807) is 6.07 Å². The third-order valence-corrected chi connectivity index (χ3v) is 3.28. The maximum absolute atomic E-state index is 13.3. The number of carbonyl (C=O) groups is 1. The SMILES string of the molecule is CN1CCCC(CNC(=O)c2cccnc2F)C1. The first-order chi connectivity index (χ1) is 8.66. The van der Waals surface area contributed by atoms with Crippen LogP contribution in [-0.2, 0) is 0 Å². The van der Waals surface area contributed by atoms with Gasteiger partial charge in [-0.3, -0.25) is 4.79 Å². The zero-order chi connectivity index (χ0) is 13.0. The summed E-state index contributed by atoms with van der Waals surface area (Å²) in [6.45, 7) is 2.69. The molecule has 0 aromatic carbocycles. The van der Waals surface area contributed by atoms with Crippen molar-refractivity contribution in [1.29, 1.82) is 0 Å². The Hall–Kier alpha value is -1.49. The van der Waals surface area contributed by atoms with Crippen LogP contribution in [0.5, 0.6) is 0 Å². The smallest absolute Gasteiger partial charge is 0.255 e. The van der Waals surface area contributed by atoms with Crippen molar-refractivity contribution in [3.8, 4) is 0 Å². The molecule has 18 heavy (non-hydrogen) atoms. The molecule has 1 aromatic rings. The van der Waals surface area contributed by atoms with E-state index >= 15 is 0 Å². The number of likely N-dealkylation sites (tertiary alicyclic amines) is 1. The van der Waals surface area contributed by atoms with Crippen LogP contribution in [0.3, 0.4) is 0 Å². The maximum Gasteiger partial charge on any atom is 0.255 e. The second-order valence-electron chi connectivity index (χ2n) is 4.82. The highest BCUT2D eigenvalue weighted by atomic mass is 19.1.